The fraction of sp³-hybridized carbons (Fsp3) is 0.462. The molecule has 1 fully saturated rings. The van der Waals surface area contributed by atoms with Gasteiger partial charge in [0.15, 0.2) is 0 Å². The molecule has 0 bridgehead atoms. The van der Waals surface area contributed by atoms with Crippen LogP contribution >= 0.6 is 0 Å². The van der Waals surface area contributed by atoms with Crippen LogP contribution in [-0.2, 0) is 0 Å². The lowest BCUT2D eigenvalue weighted by molar-refractivity contribution is 0.121. The van der Waals surface area contributed by atoms with Crippen molar-refractivity contribution in [1.29, 1.82) is 0 Å². The normalized spacial score (nSPS) is 23.7. The van der Waals surface area contributed by atoms with Crippen LogP contribution in [0, 0.1) is 0 Å². The van der Waals surface area contributed by atoms with Crippen molar-refractivity contribution in [2.45, 2.75) is 37.8 Å². The number of hydrazine groups is 1. The van der Waals surface area contributed by atoms with Gasteiger partial charge in [0.25, 0.3) is 0 Å². The van der Waals surface area contributed by atoms with Crippen molar-refractivity contribution in [3.63, 3.8) is 0 Å². The number of nitrogens with zero attached hydrogens (tertiary/aromatic N) is 2. The summed E-state index contributed by atoms with van der Waals surface area (Å²) in [7, 11) is 0. The van der Waals surface area contributed by atoms with Crippen LogP contribution in [0.25, 0.3) is 11.0 Å². The first-order chi connectivity index (χ1) is 9.16. The highest BCUT2D eigenvalue weighted by molar-refractivity contribution is 5.96. The number of fused-ring (bicyclic) bond motifs is 1. The maximum absolute atomic E-state index is 9.57. The van der Waals surface area contributed by atoms with Gasteiger partial charge in [-0.05, 0) is 31.7 Å². The third kappa shape index (κ3) is 2.13. The van der Waals surface area contributed by atoms with E-state index in [1.165, 1.54) is 0 Å². The SMILES string of the molecule is Nc1cnc2[nH]ccc2c1N(N)C1CCC(O)CC1. The molecule has 0 atom stereocenters. The van der Waals surface area contributed by atoms with E-state index in [0.29, 0.717) is 5.69 Å². The molecule has 6 heteroatoms. The zero-order chi connectivity index (χ0) is 13.4. The Bertz CT molecular complexity index is 573. The maximum Gasteiger partial charge on any atom is 0.139 e. The number of aromatic nitrogens is 2. The number of pyridine rings is 1. The summed E-state index contributed by atoms with van der Waals surface area (Å²) in [5, 5.41) is 12.3. The van der Waals surface area contributed by atoms with Gasteiger partial charge in [-0.15, -0.1) is 0 Å². The molecule has 1 aliphatic carbocycles. The number of aliphatic hydroxyl groups is 1. The molecule has 2 heterocycles. The molecule has 0 aliphatic heterocycles. The zero-order valence-electron chi connectivity index (χ0n) is 10.7. The van der Waals surface area contributed by atoms with E-state index in [1.54, 1.807) is 11.2 Å². The highest BCUT2D eigenvalue weighted by Crippen LogP contribution is 2.33. The number of rotatable bonds is 2. The highest BCUT2D eigenvalue weighted by atomic mass is 16.3. The molecule has 102 valence electrons. The number of hydrogen-bond acceptors (Lipinski definition) is 5. The minimum absolute atomic E-state index is 0.188. The smallest absolute Gasteiger partial charge is 0.139 e. The molecule has 1 aliphatic rings. The second-order valence-corrected chi connectivity index (χ2v) is 5.17. The molecule has 0 amide bonds. The fourth-order valence-electron chi connectivity index (χ4n) is 2.82. The van der Waals surface area contributed by atoms with Crippen molar-refractivity contribution in [2.75, 3.05) is 10.7 Å². The average molecular weight is 261 g/mol. The lowest BCUT2D eigenvalue weighted by Gasteiger charge is -2.34. The number of anilines is 2. The van der Waals surface area contributed by atoms with Gasteiger partial charge in [0, 0.05) is 17.6 Å². The number of nitrogen functional groups attached to an aromatic ring is 1. The summed E-state index contributed by atoms with van der Waals surface area (Å²) in [4.78, 5) is 7.30. The van der Waals surface area contributed by atoms with Gasteiger partial charge >= 0.3 is 0 Å². The van der Waals surface area contributed by atoms with Gasteiger partial charge in [-0.25, -0.2) is 10.8 Å². The molecule has 1 saturated carbocycles. The van der Waals surface area contributed by atoms with Gasteiger partial charge < -0.3 is 20.8 Å². The third-order valence-corrected chi connectivity index (χ3v) is 3.90. The standard InChI is InChI=1S/C13H19N5O/c14-11-7-17-13-10(5-6-16-13)12(11)18(15)8-1-3-9(19)4-2-8/h5-9,19H,1-4,14-15H2,(H,16,17). The quantitative estimate of drug-likeness (QED) is 0.479. The molecular formula is C13H19N5O. The summed E-state index contributed by atoms with van der Waals surface area (Å²) in [6.45, 7) is 0. The van der Waals surface area contributed by atoms with Crippen LogP contribution in [0.5, 0.6) is 0 Å². The average Bonchev–Trinajstić information content (AvgIpc) is 2.87. The number of hydrogen-bond donors (Lipinski definition) is 4. The molecule has 3 rings (SSSR count). The predicted octanol–water partition coefficient (Wildman–Crippen LogP) is 1.13. The molecule has 0 spiro atoms. The summed E-state index contributed by atoms with van der Waals surface area (Å²) >= 11 is 0. The zero-order valence-corrected chi connectivity index (χ0v) is 10.7. The van der Waals surface area contributed by atoms with E-state index in [4.69, 9.17) is 11.6 Å². The van der Waals surface area contributed by atoms with Crippen LogP contribution in [0.2, 0.25) is 0 Å². The monoisotopic (exact) mass is 261 g/mol. The van der Waals surface area contributed by atoms with Crippen molar-refractivity contribution in [3.05, 3.63) is 18.5 Å². The van der Waals surface area contributed by atoms with E-state index in [1.807, 2.05) is 12.3 Å². The molecule has 0 radical (unpaired) electrons. The second-order valence-electron chi connectivity index (χ2n) is 5.17. The van der Waals surface area contributed by atoms with Crippen LogP contribution in [0.4, 0.5) is 11.4 Å². The Morgan fingerprint density at radius 2 is 2.05 bits per heavy atom. The molecule has 6 N–H and O–H groups in total. The van der Waals surface area contributed by atoms with Crippen LogP contribution in [0.1, 0.15) is 25.7 Å². The molecule has 2 aromatic rings. The topological polar surface area (TPSA) is 104 Å². The van der Waals surface area contributed by atoms with Crippen LogP contribution in [0.15, 0.2) is 18.5 Å². The fourth-order valence-corrected chi connectivity index (χ4v) is 2.82. The third-order valence-electron chi connectivity index (χ3n) is 3.90. The Labute approximate surface area is 111 Å². The molecule has 0 aromatic carbocycles. The summed E-state index contributed by atoms with van der Waals surface area (Å²) in [5.41, 5.74) is 8.23. The lowest BCUT2D eigenvalue weighted by Crippen LogP contribution is -2.44. The first-order valence-electron chi connectivity index (χ1n) is 6.60. The van der Waals surface area contributed by atoms with Gasteiger partial charge in [0.2, 0.25) is 0 Å². The van der Waals surface area contributed by atoms with Crippen molar-refractivity contribution in [1.82, 2.24) is 9.97 Å². The van der Waals surface area contributed by atoms with E-state index >= 15 is 0 Å². The van der Waals surface area contributed by atoms with Gasteiger partial charge in [0.1, 0.15) is 5.65 Å². The van der Waals surface area contributed by atoms with Gasteiger partial charge in [0.05, 0.1) is 23.7 Å². The second kappa shape index (κ2) is 4.71. The Morgan fingerprint density at radius 1 is 1.32 bits per heavy atom. The molecule has 0 saturated heterocycles. The molecule has 0 unspecified atom stereocenters. The van der Waals surface area contributed by atoms with Crippen molar-refractivity contribution in [3.8, 4) is 0 Å². The molecule has 19 heavy (non-hydrogen) atoms. The minimum atomic E-state index is -0.188. The summed E-state index contributed by atoms with van der Waals surface area (Å²) in [6, 6.07) is 2.15. The van der Waals surface area contributed by atoms with Gasteiger partial charge in [-0.3, -0.25) is 0 Å². The van der Waals surface area contributed by atoms with E-state index in [0.717, 1.165) is 42.4 Å². The van der Waals surface area contributed by atoms with Crippen molar-refractivity contribution < 1.29 is 5.11 Å². The van der Waals surface area contributed by atoms with Crippen molar-refractivity contribution >= 4 is 22.4 Å². The lowest BCUT2D eigenvalue weighted by atomic mass is 9.92. The predicted molar refractivity (Wildman–Crippen MR) is 75.4 cm³/mol. The van der Waals surface area contributed by atoms with E-state index < -0.39 is 0 Å². The minimum Gasteiger partial charge on any atom is -0.396 e. The number of aliphatic hydroxyl groups excluding tert-OH is 1. The maximum atomic E-state index is 9.57. The first kappa shape index (κ1) is 12.3. The van der Waals surface area contributed by atoms with E-state index in [2.05, 4.69) is 9.97 Å². The van der Waals surface area contributed by atoms with E-state index in [-0.39, 0.29) is 12.1 Å². The Balaban J connectivity index is 1.94. The van der Waals surface area contributed by atoms with Gasteiger partial charge in [-0.1, -0.05) is 0 Å². The summed E-state index contributed by atoms with van der Waals surface area (Å²) in [5.74, 6) is 6.27. The number of aromatic amines is 1. The number of nitrogens with one attached hydrogen (secondary N) is 1. The molecule has 6 nitrogen and oxygen atoms in total. The van der Waals surface area contributed by atoms with Crippen molar-refractivity contribution in [2.24, 2.45) is 5.84 Å². The summed E-state index contributed by atoms with van der Waals surface area (Å²) < 4.78 is 0. The van der Waals surface area contributed by atoms with Crippen LogP contribution in [-0.4, -0.2) is 27.2 Å². The number of nitrogens with two attached hydrogens (primary N) is 2. The Morgan fingerprint density at radius 3 is 2.79 bits per heavy atom. The largest absolute Gasteiger partial charge is 0.396 e. The van der Waals surface area contributed by atoms with Gasteiger partial charge in [-0.2, -0.15) is 0 Å². The number of H-pyrrole nitrogens is 1. The van der Waals surface area contributed by atoms with Crippen LogP contribution in [0.3, 0.4) is 0 Å². The Hall–Kier alpha value is -1.79. The Kier molecular flexibility index (Phi) is 3.04. The highest BCUT2D eigenvalue weighted by Gasteiger charge is 2.25. The van der Waals surface area contributed by atoms with E-state index in [9.17, 15) is 5.11 Å². The summed E-state index contributed by atoms with van der Waals surface area (Å²) in [6.07, 6.45) is 6.62. The first-order valence-corrected chi connectivity index (χ1v) is 6.60. The van der Waals surface area contributed by atoms with Crippen LogP contribution < -0.4 is 16.6 Å². The molecule has 2 aromatic heterocycles. The molecular weight excluding hydrogens is 242 g/mol.